The van der Waals surface area contributed by atoms with Gasteiger partial charge in [-0.25, -0.2) is 0 Å². The fraction of sp³-hybridized carbons (Fsp3) is 0.900. The smallest absolute Gasteiger partial charge is 0.223 e. The Balaban J connectivity index is 2.29. The first kappa shape index (κ1) is 10.5. The summed E-state index contributed by atoms with van der Waals surface area (Å²) in [5.74, 6) is 0.459. The third-order valence-electron chi connectivity index (χ3n) is 2.72. The topological polar surface area (TPSA) is 55.1 Å². The van der Waals surface area contributed by atoms with Gasteiger partial charge >= 0.3 is 0 Å². The van der Waals surface area contributed by atoms with Crippen LogP contribution in [0.5, 0.6) is 0 Å². The molecule has 0 radical (unpaired) electrons. The number of hydrogen-bond donors (Lipinski definition) is 2. The summed E-state index contributed by atoms with van der Waals surface area (Å²) in [5.41, 5.74) is 5.44. The van der Waals surface area contributed by atoms with Crippen molar-refractivity contribution in [2.75, 3.05) is 6.54 Å². The van der Waals surface area contributed by atoms with Crippen molar-refractivity contribution in [1.29, 1.82) is 0 Å². The van der Waals surface area contributed by atoms with Gasteiger partial charge in [0.15, 0.2) is 0 Å². The lowest BCUT2D eigenvalue weighted by Crippen LogP contribution is -2.41. The summed E-state index contributed by atoms with van der Waals surface area (Å²) in [4.78, 5) is 11.6. The van der Waals surface area contributed by atoms with Gasteiger partial charge in [0.05, 0.1) is 0 Å². The molecule has 0 heterocycles. The SMILES string of the molecule is C[C@H](CN)NC(=O)C1CCCCC1. The van der Waals surface area contributed by atoms with Crippen molar-refractivity contribution < 1.29 is 4.79 Å². The predicted octanol–water partition coefficient (Wildman–Crippen LogP) is 1.03. The third-order valence-corrected chi connectivity index (χ3v) is 2.72. The van der Waals surface area contributed by atoms with E-state index in [2.05, 4.69) is 5.32 Å². The van der Waals surface area contributed by atoms with Gasteiger partial charge in [-0.15, -0.1) is 0 Å². The molecule has 0 spiro atoms. The second-order valence-corrected chi connectivity index (χ2v) is 3.98. The van der Waals surface area contributed by atoms with Crippen LogP contribution in [0.15, 0.2) is 0 Å². The van der Waals surface area contributed by atoms with Crippen molar-refractivity contribution in [3.8, 4) is 0 Å². The summed E-state index contributed by atoms with van der Waals surface area (Å²) in [7, 11) is 0. The largest absolute Gasteiger partial charge is 0.352 e. The number of nitrogens with one attached hydrogen (secondary N) is 1. The molecule has 0 aromatic heterocycles. The van der Waals surface area contributed by atoms with Gasteiger partial charge in [0, 0.05) is 18.5 Å². The molecule has 3 N–H and O–H groups in total. The van der Waals surface area contributed by atoms with Gasteiger partial charge in [0.1, 0.15) is 0 Å². The van der Waals surface area contributed by atoms with Crippen LogP contribution in [-0.4, -0.2) is 18.5 Å². The lowest BCUT2D eigenvalue weighted by atomic mass is 9.88. The Morgan fingerprint density at radius 1 is 1.46 bits per heavy atom. The average molecular weight is 184 g/mol. The number of amides is 1. The quantitative estimate of drug-likeness (QED) is 0.688. The Morgan fingerprint density at radius 2 is 2.08 bits per heavy atom. The van der Waals surface area contributed by atoms with Crippen LogP contribution < -0.4 is 11.1 Å². The molecule has 0 aromatic rings. The lowest BCUT2D eigenvalue weighted by molar-refractivity contribution is -0.126. The van der Waals surface area contributed by atoms with Crippen LogP contribution in [0.2, 0.25) is 0 Å². The standard InChI is InChI=1S/C10H20N2O/c1-8(7-11)12-10(13)9-5-3-2-4-6-9/h8-9H,2-7,11H2,1H3,(H,12,13)/t8-/m1/s1. The van der Waals surface area contributed by atoms with Crippen LogP contribution in [-0.2, 0) is 4.79 Å². The van der Waals surface area contributed by atoms with Crippen molar-refractivity contribution in [1.82, 2.24) is 5.32 Å². The van der Waals surface area contributed by atoms with E-state index in [1.807, 2.05) is 6.92 Å². The monoisotopic (exact) mass is 184 g/mol. The Hall–Kier alpha value is -0.570. The molecule has 1 saturated carbocycles. The Bertz CT molecular complexity index is 164. The van der Waals surface area contributed by atoms with Crippen LogP contribution in [0.25, 0.3) is 0 Å². The summed E-state index contributed by atoms with van der Waals surface area (Å²) in [5, 5.41) is 2.94. The minimum Gasteiger partial charge on any atom is -0.352 e. The van der Waals surface area contributed by atoms with E-state index in [0.29, 0.717) is 6.54 Å². The van der Waals surface area contributed by atoms with Crippen molar-refractivity contribution in [2.45, 2.75) is 45.1 Å². The Morgan fingerprint density at radius 3 is 2.62 bits per heavy atom. The molecule has 1 atom stereocenters. The highest BCUT2D eigenvalue weighted by atomic mass is 16.1. The van der Waals surface area contributed by atoms with Gasteiger partial charge in [0.25, 0.3) is 0 Å². The predicted molar refractivity (Wildman–Crippen MR) is 53.2 cm³/mol. The molecule has 76 valence electrons. The van der Waals surface area contributed by atoms with E-state index in [1.54, 1.807) is 0 Å². The molecule has 1 rings (SSSR count). The van der Waals surface area contributed by atoms with Crippen LogP contribution in [0.1, 0.15) is 39.0 Å². The van der Waals surface area contributed by atoms with Crippen LogP contribution in [0.4, 0.5) is 0 Å². The third kappa shape index (κ3) is 3.35. The maximum atomic E-state index is 11.6. The van der Waals surface area contributed by atoms with Gasteiger partial charge in [-0.2, -0.15) is 0 Å². The molecule has 3 heteroatoms. The van der Waals surface area contributed by atoms with Crippen LogP contribution in [0, 0.1) is 5.92 Å². The van der Waals surface area contributed by atoms with E-state index in [0.717, 1.165) is 12.8 Å². The van der Waals surface area contributed by atoms with E-state index in [-0.39, 0.29) is 17.9 Å². The zero-order valence-corrected chi connectivity index (χ0v) is 8.38. The van der Waals surface area contributed by atoms with Crippen molar-refractivity contribution in [2.24, 2.45) is 11.7 Å². The van der Waals surface area contributed by atoms with Crippen LogP contribution >= 0.6 is 0 Å². The molecular weight excluding hydrogens is 164 g/mol. The molecule has 0 aliphatic heterocycles. The molecule has 1 fully saturated rings. The van der Waals surface area contributed by atoms with Gasteiger partial charge < -0.3 is 11.1 Å². The Kier molecular flexibility index (Phi) is 4.22. The molecule has 1 amide bonds. The van der Waals surface area contributed by atoms with E-state index < -0.39 is 0 Å². The van der Waals surface area contributed by atoms with E-state index in [9.17, 15) is 4.79 Å². The number of carbonyl (C=O) groups is 1. The van der Waals surface area contributed by atoms with E-state index in [1.165, 1.54) is 19.3 Å². The van der Waals surface area contributed by atoms with Gasteiger partial charge in [0.2, 0.25) is 5.91 Å². The number of carbonyl (C=O) groups excluding carboxylic acids is 1. The first-order valence-electron chi connectivity index (χ1n) is 5.24. The molecule has 1 aliphatic carbocycles. The van der Waals surface area contributed by atoms with E-state index in [4.69, 9.17) is 5.73 Å². The first-order chi connectivity index (χ1) is 6.24. The molecule has 1 aliphatic rings. The molecular formula is C10H20N2O. The van der Waals surface area contributed by atoms with E-state index >= 15 is 0 Å². The molecule has 0 saturated heterocycles. The average Bonchev–Trinajstić information content (AvgIpc) is 2.19. The highest BCUT2D eigenvalue weighted by molar-refractivity contribution is 5.78. The van der Waals surface area contributed by atoms with Gasteiger partial charge in [-0.3, -0.25) is 4.79 Å². The molecule has 0 bridgehead atoms. The maximum Gasteiger partial charge on any atom is 0.223 e. The number of nitrogens with two attached hydrogens (primary N) is 1. The van der Waals surface area contributed by atoms with Gasteiger partial charge in [-0.05, 0) is 19.8 Å². The summed E-state index contributed by atoms with van der Waals surface area (Å²) in [6.07, 6.45) is 5.81. The minimum atomic E-state index is 0.120. The normalized spacial score (nSPS) is 21.1. The molecule has 13 heavy (non-hydrogen) atoms. The minimum absolute atomic E-state index is 0.120. The summed E-state index contributed by atoms with van der Waals surface area (Å²) in [6.45, 7) is 2.47. The van der Waals surface area contributed by atoms with Crippen molar-refractivity contribution in [3.63, 3.8) is 0 Å². The summed E-state index contributed by atoms with van der Waals surface area (Å²) in [6, 6.07) is 0.120. The first-order valence-corrected chi connectivity index (χ1v) is 5.24. The van der Waals surface area contributed by atoms with Crippen molar-refractivity contribution >= 4 is 5.91 Å². The van der Waals surface area contributed by atoms with Gasteiger partial charge in [-0.1, -0.05) is 19.3 Å². The number of hydrogen-bond acceptors (Lipinski definition) is 2. The zero-order chi connectivity index (χ0) is 9.68. The second kappa shape index (κ2) is 5.22. The molecule has 3 nitrogen and oxygen atoms in total. The number of rotatable bonds is 3. The lowest BCUT2D eigenvalue weighted by Gasteiger charge is -2.22. The Labute approximate surface area is 80.1 Å². The molecule has 0 unspecified atom stereocenters. The fourth-order valence-corrected chi connectivity index (χ4v) is 1.78. The second-order valence-electron chi connectivity index (χ2n) is 3.98. The summed E-state index contributed by atoms with van der Waals surface area (Å²) < 4.78 is 0. The molecule has 0 aromatic carbocycles. The fourth-order valence-electron chi connectivity index (χ4n) is 1.78. The highest BCUT2D eigenvalue weighted by Gasteiger charge is 2.21. The summed E-state index contributed by atoms with van der Waals surface area (Å²) >= 11 is 0. The maximum absolute atomic E-state index is 11.6. The zero-order valence-electron chi connectivity index (χ0n) is 8.38. The van der Waals surface area contributed by atoms with Crippen molar-refractivity contribution in [3.05, 3.63) is 0 Å². The van der Waals surface area contributed by atoms with Crippen LogP contribution in [0.3, 0.4) is 0 Å². The highest BCUT2D eigenvalue weighted by Crippen LogP contribution is 2.23.